The van der Waals surface area contributed by atoms with Crippen molar-refractivity contribution in [1.29, 1.82) is 0 Å². The number of carbonyl (C=O) groups is 4. The minimum absolute atomic E-state index is 0.0505. The second kappa shape index (κ2) is 10.8. The molecule has 0 spiro atoms. The Kier molecular flexibility index (Phi) is 8.17. The number of esters is 1. The van der Waals surface area contributed by atoms with Gasteiger partial charge in [-0.2, -0.15) is 0 Å². The summed E-state index contributed by atoms with van der Waals surface area (Å²) in [6.07, 6.45) is 0. The standard InChI is InChI=1S/C22H25N3O7/c1-12-7-6-8-16(13(12)2)24-22(29)25-20(27)11-32-21(28)15-9-18(30-4)19(31-5)10-17(15)23-14(3)26/h6-10H,11H2,1-5H3,(H,23,26)(H2,24,25,27,29). The number of ether oxygens (including phenoxy) is 3. The summed E-state index contributed by atoms with van der Waals surface area (Å²) in [4.78, 5) is 48.1. The summed E-state index contributed by atoms with van der Waals surface area (Å²) < 4.78 is 15.3. The molecule has 0 saturated carbocycles. The third-order valence-corrected chi connectivity index (χ3v) is 4.49. The van der Waals surface area contributed by atoms with Gasteiger partial charge >= 0.3 is 12.0 Å². The molecule has 0 aromatic heterocycles. The molecule has 170 valence electrons. The third-order valence-electron chi connectivity index (χ3n) is 4.49. The smallest absolute Gasteiger partial charge is 0.340 e. The molecule has 0 unspecified atom stereocenters. The second-order valence-electron chi connectivity index (χ2n) is 6.76. The topological polar surface area (TPSA) is 132 Å². The van der Waals surface area contributed by atoms with Crippen LogP contribution in [0.4, 0.5) is 16.2 Å². The summed E-state index contributed by atoms with van der Waals surface area (Å²) in [6, 6.07) is 7.33. The molecule has 2 rings (SSSR count). The van der Waals surface area contributed by atoms with Crippen molar-refractivity contribution in [2.24, 2.45) is 0 Å². The van der Waals surface area contributed by atoms with Crippen LogP contribution in [-0.4, -0.2) is 44.6 Å². The number of urea groups is 1. The van der Waals surface area contributed by atoms with Gasteiger partial charge in [0.15, 0.2) is 18.1 Å². The van der Waals surface area contributed by atoms with E-state index in [0.717, 1.165) is 11.1 Å². The van der Waals surface area contributed by atoms with E-state index in [1.165, 1.54) is 33.3 Å². The average Bonchev–Trinajstić information content (AvgIpc) is 2.74. The molecular weight excluding hydrogens is 418 g/mol. The highest BCUT2D eigenvalue weighted by Crippen LogP contribution is 2.33. The highest BCUT2D eigenvalue weighted by molar-refractivity contribution is 6.04. The molecule has 0 atom stereocenters. The molecule has 32 heavy (non-hydrogen) atoms. The van der Waals surface area contributed by atoms with E-state index in [9.17, 15) is 19.2 Å². The molecule has 10 nitrogen and oxygen atoms in total. The van der Waals surface area contributed by atoms with Crippen LogP contribution in [0.1, 0.15) is 28.4 Å². The van der Waals surface area contributed by atoms with Gasteiger partial charge in [-0.05, 0) is 31.0 Å². The average molecular weight is 443 g/mol. The fourth-order valence-corrected chi connectivity index (χ4v) is 2.75. The number of aryl methyl sites for hydroxylation is 1. The molecule has 0 radical (unpaired) electrons. The van der Waals surface area contributed by atoms with Gasteiger partial charge < -0.3 is 24.8 Å². The van der Waals surface area contributed by atoms with Gasteiger partial charge in [-0.15, -0.1) is 0 Å². The maximum atomic E-state index is 12.5. The lowest BCUT2D eigenvalue weighted by Gasteiger charge is -2.15. The van der Waals surface area contributed by atoms with Crippen molar-refractivity contribution in [2.45, 2.75) is 20.8 Å². The van der Waals surface area contributed by atoms with Crippen molar-refractivity contribution in [1.82, 2.24) is 5.32 Å². The van der Waals surface area contributed by atoms with Gasteiger partial charge in [0.05, 0.1) is 25.5 Å². The maximum absolute atomic E-state index is 12.5. The number of hydrogen-bond donors (Lipinski definition) is 3. The van der Waals surface area contributed by atoms with Crippen LogP contribution in [0.3, 0.4) is 0 Å². The van der Waals surface area contributed by atoms with E-state index in [2.05, 4.69) is 16.0 Å². The molecule has 0 heterocycles. The Morgan fingerprint density at radius 2 is 1.56 bits per heavy atom. The first kappa shape index (κ1) is 24.2. The number of benzene rings is 2. The SMILES string of the molecule is COc1cc(NC(C)=O)c(C(=O)OCC(=O)NC(=O)Nc2cccc(C)c2C)cc1OC. The lowest BCUT2D eigenvalue weighted by atomic mass is 10.1. The Labute approximate surface area is 185 Å². The predicted molar refractivity (Wildman–Crippen MR) is 117 cm³/mol. The van der Waals surface area contributed by atoms with E-state index in [4.69, 9.17) is 14.2 Å². The quantitative estimate of drug-likeness (QED) is 0.561. The zero-order chi connectivity index (χ0) is 23.8. The summed E-state index contributed by atoms with van der Waals surface area (Å²) in [5.74, 6) is -1.64. The van der Waals surface area contributed by atoms with E-state index in [1.54, 1.807) is 12.1 Å². The van der Waals surface area contributed by atoms with Crippen molar-refractivity contribution < 1.29 is 33.4 Å². The van der Waals surface area contributed by atoms with Gasteiger partial charge in [0.1, 0.15) is 0 Å². The minimum Gasteiger partial charge on any atom is -0.493 e. The number of methoxy groups -OCH3 is 2. The van der Waals surface area contributed by atoms with E-state index < -0.39 is 30.4 Å². The van der Waals surface area contributed by atoms with Crippen molar-refractivity contribution in [2.75, 3.05) is 31.5 Å². The second-order valence-corrected chi connectivity index (χ2v) is 6.76. The van der Waals surface area contributed by atoms with Crippen LogP contribution >= 0.6 is 0 Å². The van der Waals surface area contributed by atoms with Gasteiger partial charge in [0.2, 0.25) is 5.91 Å². The van der Waals surface area contributed by atoms with Crippen molar-refractivity contribution in [3.8, 4) is 11.5 Å². The van der Waals surface area contributed by atoms with Crippen molar-refractivity contribution in [3.05, 3.63) is 47.0 Å². The van der Waals surface area contributed by atoms with Gasteiger partial charge in [0, 0.05) is 24.7 Å². The Balaban J connectivity index is 2.04. The summed E-state index contributed by atoms with van der Waals surface area (Å²) in [7, 11) is 2.79. The summed E-state index contributed by atoms with van der Waals surface area (Å²) >= 11 is 0. The third kappa shape index (κ3) is 6.21. The van der Waals surface area contributed by atoms with E-state index in [1.807, 2.05) is 19.9 Å². The van der Waals surface area contributed by atoms with Gasteiger partial charge in [-0.1, -0.05) is 12.1 Å². The van der Waals surface area contributed by atoms with Crippen LogP contribution < -0.4 is 25.4 Å². The number of carbonyl (C=O) groups excluding carboxylic acids is 4. The molecule has 4 amide bonds. The van der Waals surface area contributed by atoms with Crippen LogP contribution in [-0.2, 0) is 14.3 Å². The number of imide groups is 1. The van der Waals surface area contributed by atoms with Crippen molar-refractivity contribution >= 4 is 35.2 Å². The Bertz CT molecular complexity index is 1050. The molecule has 0 bridgehead atoms. The molecule has 2 aromatic carbocycles. The fourth-order valence-electron chi connectivity index (χ4n) is 2.75. The van der Waals surface area contributed by atoms with Crippen LogP contribution in [0.5, 0.6) is 11.5 Å². The first-order valence-electron chi connectivity index (χ1n) is 9.54. The number of amides is 4. The molecule has 0 aliphatic carbocycles. The molecule has 0 aliphatic heterocycles. The molecule has 3 N–H and O–H groups in total. The number of nitrogens with one attached hydrogen (secondary N) is 3. The maximum Gasteiger partial charge on any atom is 0.340 e. The largest absolute Gasteiger partial charge is 0.493 e. The van der Waals surface area contributed by atoms with Crippen molar-refractivity contribution in [3.63, 3.8) is 0 Å². The van der Waals surface area contributed by atoms with Gasteiger partial charge in [-0.25, -0.2) is 9.59 Å². The Morgan fingerprint density at radius 3 is 2.19 bits per heavy atom. The van der Waals surface area contributed by atoms with E-state index in [-0.39, 0.29) is 22.7 Å². The lowest BCUT2D eigenvalue weighted by molar-refractivity contribution is -0.123. The summed E-state index contributed by atoms with van der Waals surface area (Å²) in [5.41, 5.74) is 2.46. The lowest BCUT2D eigenvalue weighted by Crippen LogP contribution is -2.37. The van der Waals surface area contributed by atoms with Crippen LogP contribution in [0.15, 0.2) is 30.3 Å². The van der Waals surface area contributed by atoms with Crippen LogP contribution in [0, 0.1) is 13.8 Å². The van der Waals surface area contributed by atoms with E-state index in [0.29, 0.717) is 5.69 Å². The monoisotopic (exact) mass is 443 g/mol. The normalized spacial score (nSPS) is 10.0. The molecule has 10 heteroatoms. The Morgan fingerprint density at radius 1 is 0.906 bits per heavy atom. The highest BCUT2D eigenvalue weighted by Gasteiger charge is 2.20. The zero-order valence-corrected chi connectivity index (χ0v) is 18.5. The molecule has 0 fully saturated rings. The number of hydrogen-bond acceptors (Lipinski definition) is 7. The minimum atomic E-state index is -0.903. The first-order chi connectivity index (χ1) is 15.2. The van der Waals surface area contributed by atoms with Crippen LogP contribution in [0.2, 0.25) is 0 Å². The number of rotatable bonds is 7. The van der Waals surface area contributed by atoms with Crippen LogP contribution in [0.25, 0.3) is 0 Å². The fraction of sp³-hybridized carbons (Fsp3) is 0.273. The molecule has 0 aliphatic rings. The molecule has 2 aromatic rings. The highest BCUT2D eigenvalue weighted by atomic mass is 16.5. The first-order valence-corrected chi connectivity index (χ1v) is 9.54. The summed E-state index contributed by atoms with van der Waals surface area (Å²) in [6.45, 7) is 4.29. The van der Waals surface area contributed by atoms with Gasteiger partial charge in [-0.3, -0.25) is 14.9 Å². The predicted octanol–water partition coefficient (Wildman–Crippen LogP) is 2.78. The number of anilines is 2. The zero-order valence-electron chi connectivity index (χ0n) is 18.5. The van der Waals surface area contributed by atoms with E-state index >= 15 is 0 Å². The molecular formula is C22H25N3O7. The summed E-state index contributed by atoms with van der Waals surface area (Å²) in [5, 5.41) is 7.16. The Hall–Kier alpha value is -4.08. The molecule has 0 saturated heterocycles. The van der Waals surface area contributed by atoms with Gasteiger partial charge in [0.25, 0.3) is 5.91 Å².